The Bertz CT molecular complexity index is 619. The van der Waals surface area contributed by atoms with Gasteiger partial charge in [-0.3, -0.25) is 0 Å². The molecule has 0 fully saturated rings. The Hall–Kier alpha value is -1.89. The maximum Gasteiger partial charge on any atom is 0.419 e. The number of hydrogen-bond acceptors (Lipinski definition) is 2. The maximum atomic E-state index is 14.0. The van der Waals surface area contributed by atoms with Crippen LogP contribution >= 0.6 is 0 Å². The van der Waals surface area contributed by atoms with Gasteiger partial charge in [0.2, 0.25) is 0 Å². The number of nitrogens with two attached hydrogens (primary N) is 1. The molecule has 0 amide bonds. The van der Waals surface area contributed by atoms with Crippen LogP contribution in [0, 0.1) is 5.82 Å². The van der Waals surface area contributed by atoms with E-state index in [0.717, 1.165) is 6.07 Å². The number of aromatic nitrogens is 2. The molecule has 3 nitrogen and oxygen atoms in total. The van der Waals surface area contributed by atoms with Gasteiger partial charge in [0.05, 0.1) is 5.56 Å². The molecular weight excluding hydrogens is 286 g/mol. The number of alkyl halides is 3. The highest BCUT2D eigenvalue weighted by atomic mass is 19.4. The molecule has 0 aliphatic carbocycles. The number of hydrogen-bond donors (Lipinski definition) is 1. The van der Waals surface area contributed by atoms with Crippen LogP contribution in [0.2, 0.25) is 0 Å². The highest BCUT2D eigenvalue weighted by Crippen LogP contribution is 2.33. The van der Waals surface area contributed by atoms with Crippen molar-refractivity contribution in [2.75, 3.05) is 0 Å². The molecule has 0 saturated heterocycles. The minimum atomic E-state index is -4.73. The first-order valence-electron chi connectivity index (χ1n) is 6.45. The van der Waals surface area contributed by atoms with Gasteiger partial charge < -0.3 is 10.3 Å². The van der Waals surface area contributed by atoms with Crippen molar-refractivity contribution in [2.24, 2.45) is 5.73 Å². The van der Waals surface area contributed by atoms with Crippen LogP contribution < -0.4 is 5.73 Å². The number of halogens is 4. The smallest absolute Gasteiger partial charge is 0.335 e. The van der Waals surface area contributed by atoms with E-state index in [2.05, 4.69) is 4.98 Å². The average molecular weight is 301 g/mol. The van der Waals surface area contributed by atoms with Gasteiger partial charge >= 0.3 is 6.18 Å². The molecule has 1 aromatic carbocycles. The quantitative estimate of drug-likeness (QED) is 0.881. The first kappa shape index (κ1) is 15.5. The molecule has 0 bridgehead atoms. The van der Waals surface area contributed by atoms with Gasteiger partial charge in [0.25, 0.3) is 0 Å². The average Bonchev–Trinajstić information content (AvgIpc) is 2.84. The standard InChI is InChI=1S/C14H15F4N3/c1-2-21-7-6-20-12(21)8-11(19)9-4-3-5-10(13(9)15)14(16,17)18/h3-7,11H,2,8,19H2,1H3. The molecule has 21 heavy (non-hydrogen) atoms. The molecule has 0 spiro atoms. The van der Waals surface area contributed by atoms with Crippen LogP contribution in [0.1, 0.15) is 29.9 Å². The van der Waals surface area contributed by atoms with Gasteiger partial charge in [-0.05, 0) is 13.0 Å². The summed E-state index contributed by atoms with van der Waals surface area (Å²) in [4.78, 5) is 4.09. The lowest BCUT2D eigenvalue weighted by molar-refractivity contribution is -0.140. The summed E-state index contributed by atoms with van der Waals surface area (Å²) in [6, 6.07) is 2.25. The lowest BCUT2D eigenvalue weighted by Gasteiger charge is -2.16. The lowest BCUT2D eigenvalue weighted by Crippen LogP contribution is -2.20. The van der Waals surface area contributed by atoms with Crippen LogP contribution in [0.15, 0.2) is 30.6 Å². The fourth-order valence-electron chi connectivity index (χ4n) is 2.18. The van der Waals surface area contributed by atoms with Crippen LogP contribution in [-0.2, 0) is 19.1 Å². The zero-order chi connectivity index (χ0) is 15.6. The Labute approximate surface area is 119 Å². The minimum Gasteiger partial charge on any atom is -0.335 e. The van der Waals surface area contributed by atoms with Gasteiger partial charge in [-0.15, -0.1) is 0 Å². The first-order valence-corrected chi connectivity index (χ1v) is 6.45. The third kappa shape index (κ3) is 3.24. The molecule has 0 aliphatic heterocycles. The third-order valence-corrected chi connectivity index (χ3v) is 3.28. The van der Waals surface area contributed by atoms with Gasteiger partial charge in [0, 0.05) is 37.0 Å². The largest absolute Gasteiger partial charge is 0.419 e. The molecule has 2 N–H and O–H groups in total. The molecule has 0 radical (unpaired) electrons. The van der Waals surface area contributed by atoms with Crippen molar-refractivity contribution in [3.63, 3.8) is 0 Å². The molecule has 2 rings (SSSR count). The Balaban J connectivity index is 2.30. The van der Waals surface area contributed by atoms with E-state index >= 15 is 0 Å². The number of rotatable bonds is 4. The number of benzene rings is 1. The molecule has 0 saturated carbocycles. The fraction of sp³-hybridized carbons (Fsp3) is 0.357. The maximum absolute atomic E-state index is 14.0. The van der Waals surface area contributed by atoms with Gasteiger partial charge in [-0.1, -0.05) is 12.1 Å². The second kappa shape index (κ2) is 5.85. The van der Waals surface area contributed by atoms with Crippen LogP contribution in [-0.4, -0.2) is 9.55 Å². The lowest BCUT2D eigenvalue weighted by atomic mass is 10.0. The highest BCUT2D eigenvalue weighted by Gasteiger charge is 2.35. The molecule has 0 aliphatic rings. The summed E-state index contributed by atoms with van der Waals surface area (Å²) in [5, 5.41) is 0. The van der Waals surface area contributed by atoms with Crippen molar-refractivity contribution >= 4 is 0 Å². The minimum absolute atomic E-state index is 0.157. The predicted molar refractivity (Wildman–Crippen MR) is 69.9 cm³/mol. The van der Waals surface area contributed by atoms with E-state index in [1.54, 1.807) is 12.4 Å². The highest BCUT2D eigenvalue weighted by molar-refractivity contribution is 5.30. The Morgan fingerprint density at radius 1 is 1.33 bits per heavy atom. The first-order chi connectivity index (χ1) is 9.84. The summed E-state index contributed by atoms with van der Waals surface area (Å²) < 4.78 is 53.9. The molecule has 1 unspecified atom stereocenters. The number of nitrogens with zero attached hydrogens (tertiary/aromatic N) is 2. The van der Waals surface area contributed by atoms with Crippen molar-refractivity contribution in [3.05, 3.63) is 53.4 Å². The molecule has 1 atom stereocenters. The number of imidazole rings is 1. The van der Waals surface area contributed by atoms with Crippen molar-refractivity contribution in [1.29, 1.82) is 0 Å². The van der Waals surface area contributed by atoms with E-state index < -0.39 is 23.6 Å². The predicted octanol–water partition coefficient (Wildman–Crippen LogP) is 3.30. The van der Waals surface area contributed by atoms with Crippen molar-refractivity contribution in [1.82, 2.24) is 9.55 Å². The van der Waals surface area contributed by atoms with Crippen LogP contribution in [0.5, 0.6) is 0 Å². The molecule has 1 heterocycles. The Morgan fingerprint density at radius 2 is 2.05 bits per heavy atom. The molecule has 1 aromatic heterocycles. The topological polar surface area (TPSA) is 43.8 Å². The van der Waals surface area contributed by atoms with E-state index in [1.807, 2.05) is 11.5 Å². The summed E-state index contributed by atoms with van der Waals surface area (Å²) in [5.74, 6) is -0.700. The van der Waals surface area contributed by atoms with Crippen molar-refractivity contribution in [2.45, 2.75) is 32.1 Å². The van der Waals surface area contributed by atoms with Gasteiger partial charge in [-0.2, -0.15) is 13.2 Å². The van der Waals surface area contributed by atoms with E-state index in [0.29, 0.717) is 18.4 Å². The van der Waals surface area contributed by atoms with Gasteiger partial charge in [0.1, 0.15) is 11.6 Å². The van der Waals surface area contributed by atoms with E-state index in [4.69, 9.17) is 5.73 Å². The SMILES string of the molecule is CCn1ccnc1CC(N)c1cccc(C(F)(F)F)c1F. The molecular formula is C14H15F4N3. The normalized spacial score (nSPS) is 13.4. The number of aryl methyl sites for hydroxylation is 1. The fourth-order valence-corrected chi connectivity index (χ4v) is 2.18. The molecule has 7 heteroatoms. The zero-order valence-corrected chi connectivity index (χ0v) is 11.4. The molecule has 114 valence electrons. The monoisotopic (exact) mass is 301 g/mol. The summed E-state index contributed by atoms with van der Waals surface area (Å²) in [6.45, 7) is 2.56. The summed E-state index contributed by atoms with van der Waals surface area (Å²) in [7, 11) is 0. The van der Waals surface area contributed by atoms with Gasteiger partial charge in [0.15, 0.2) is 0 Å². The Kier molecular flexibility index (Phi) is 4.32. The van der Waals surface area contributed by atoms with E-state index in [9.17, 15) is 17.6 Å². The summed E-state index contributed by atoms with van der Waals surface area (Å²) >= 11 is 0. The van der Waals surface area contributed by atoms with Gasteiger partial charge in [-0.25, -0.2) is 9.37 Å². The molecule has 2 aromatic rings. The summed E-state index contributed by atoms with van der Waals surface area (Å²) in [5.41, 5.74) is 4.41. The second-order valence-electron chi connectivity index (χ2n) is 4.65. The van der Waals surface area contributed by atoms with Crippen molar-refractivity contribution < 1.29 is 17.6 Å². The van der Waals surface area contributed by atoms with Crippen molar-refractivity contribution in [3.8, 4) is 0 Å². The Morgan fingerprint density at radius 3 is 2.67 bits per heavy atom. The second-order valence-corrected chi connectivity index (χ2v) is 4.65. The third-order valence-electron chi connectivity index (χ3n) is 3.28. The summed E-state index contributed by atoms with van der Waals surface area (Å²) in [6.07, 6.45) is -1.25. The van der Waals surface area contributed by atoms with E-state index in [1.165, 1.54) is 6.07 Å². The van der Waals surface area contributed by atoms with Crippen LogP contribution in [0.3, 0.4) is 0 Å². The van der Waals surface area contributed by atoms with Crippen LogP contribution in [0.4, 0.5) is 17.6 Å². The van der Waals surface area contributed by atoms with E-state index in [-0.39, 0.29) is 12.0 Å². The van der Waals surface area contributed by atoms with Crippen LogP contribution in [0.25, 0.3) is 0 Å². The zero-order valence-electron chi connectivity index (χ0n) is 11.4.